The number of anilines is 1. The zero-order valence-electron chi connectivity index (χ0n) is 11.3. The van der Waals surface area contributed by atoms with E-state index in [9.17, 15) is 9.90 Å². The number of aliphatic hydroxyl groups excluding tert-OH is 1. The van der Waals surface area contributed by atoms with Crippen LogP contribution >= 0.6 is 11.6 Å². The number of morpholine rings is 1. The summed E-state index contributed by atoms with van der Waals surface area (Å²) < 4.78 is 5.71. The van der Waals surface area contributed by atoms with Gasteiger partial charge >= 0.3 is 5.97 Å². The number of carboxylic acids is 1. The molecule has 0 saturated carbocycles. The summed E-state index contributed by atoms with van der Waals surface area (Å²) in [5, 5.41) is 18.5. The summed E-state index contributed by atoms with van der Waals surface area (Å²) in [6.07, 6.45) is -0.340. The number of aromatic carboxylic acids is 1. The Labute approximate surface area is 121 Å². The molecule has 1 fully saturated rings. The van der Waals surface area contributed by atoms with E-state index in [1.165, 1.54) is 12.1 Å². The Morgan fingerprint density at radius 1 is 1.60 bits per heavy atom. The van der Waals surface area contributed by atoms with Crippen LogP contribution in [0.15, 0.2) is 12.1 Å². The first-order valence-electron chi connectivity index (χ1n) is 6.25. The van der Waals surface area contributed by atoms with Crippen LogP contribution in [0.1, 0.15) is 24.2 Å². The van der Waals surface area contributed by atoms with Gasteiger partial charge in [0.05, 0.1) is 23.9 Å². The number of nitrogens with zero attached hydrogens (tertiary/aromatic N) is 2. The molecule has 6 nitrogen and oxygen atoms in total. The van der Waals surface area contributed by atoms with Gasteiger partial charge in [-0.15, -0.1) is 0 Å². The molecule has 1 aliphatic heterocycles. The number of rotatable bonds is 3. The van der Waals surface area contributed by atoms with E-state index >= 15 is 0 Å². The average Bonchev–Trinajstić information content (AvgIpc) is 2.36. The molecule has 1 unspecified atom stereocenters. The third-order valence-corrected chi connectivity index (χ3v) is 3.23. The minimum Gasteiger partial charge on any atom is -0.478 e. The molecular weight excluding hydrogens is 284 g/mol. The van der Waals surface area contributed by atoms with Crippen LogP contribution in [-0.4, -0.2) is 52.6 Å². The largest absolute Gasteiger partial charge is 0.478 e. The van der Waals surface area contributed by atoms with E-state index in [0.29, 0.717) is 18.9 Å². The molecule has 1 aromatic heterocycles. The highest BCUT2D eigenvalue weighted by molar-refractivity contribution is 6.29. The van der Waals surface area contributed by atoms with Gasteiger partial charge in [0, 0.05) is 13.1 Å². The third kappa shape index (κ3) is 3.39. The average molecular weight is 301 g/mol. The standard InChI is InChI=1S/C13H17ClN2O4/c1-13(2)7-16(5-9(6-17)20-13)11-4-8(12(18)19)3-10(14)15-11/h3-4,9,17H,5-7H2,1-2H3,(H,18,19). The van der Waals surface area contributed by atoms with Crippen molar-refractivity contribution >= 4 is 23.4 Å². The van der Waals surface area contributed by atoms with Gasteiger partial charge in [-0.25, -0.2) is 9.78 Å². The van der Waals surface area contributed by atoms with Crippen molar-refractivity contribution in [3.05, 3.63) is 22.8 Å². The van der Waals surface area contributed by atoms with Gasteiger partial charge in [0.1, 0.15) is 11.0 Å². The summed E-state index contributed by atoms with van der Waals surface area (Å²) in [5.74, 6) is -0.577. The fourth-order valence-corrected chi connectivity index (χ4v) is 2.54. The lowest BCUT2D eigenvalue weighted by atomic mass is 10.1. The first-order valence-corrected chi connectivity index (χ1v) is 6.63. The normalized spacial score (nSPS) is 21.8. The Morgan fingerprint density at radius 3 is 2.90 bits per heavy atom. The van der Waals surface area contributed by atoms with Crippen LogP contribution in [0, 0.1) is 0 Å². The lowest BCUT2D eigenvalue weighted by Gasteiger charge is -2.42. The molecule has 2 heterocycles. The van der Waals surface area contributed by atoms with Crippen LogP contribution < -0.4 is 4.90 Å². The minimum absolute atomic E-state index is 0.0878. The fraction of sp³-hybridized carbons (Fsp3) is 0.538. The molecule has 2 rings (SSSR count). The molecule has 2 N–H and O–H groups in total. The van der Waals surface area contributed by atoms with Crippen molar-refractivity contribution in [1.82, 2.24) is 4.98 Å². The van der Waals surface area contributed by atoms with Crippen molar-refractivity contribution in [3.8, 4) is 0 Å². The number of hydrogen-bond acceptors (Lipinski definition) is 5. The molecule has 110 valence electrons. The number of carbonyl (C=O) groups is 1. The molecule has 1 atom stereocenters. The molecule has 0 bridgehead atoms. The van der Waals surface area contributed by atoms with E-state index in [1.807, 2.05) is 18.7 Å². The van der Waals surface area contributed by atoms with Crippen molar-refractivity contribution in [3.63, 3.8) is 0 Å². The molecular formula is C13H17ClN2O4. The van der Waals surface area contributed by atoms with Crippen molar-refractivity contribution < 1.29 is 19.7 Å². The smallest absolute Gasteiger partial charge is 0.335 e. The first-order chi connectivity index (χ1) is 9.30. The van der Waals surface area contributed by atoms with Gasteiger partial charge in [-0.05, 0) is 26.0 Å². The number of hydrogen-bond donors (Lipinski definition) is 2. The molecule has 1 saturated heterocycles. The van der Waals surface area contributed by atoms with E-state index in [1.54, 1.807) is 0 Å². The van der Waals surface area contributed by atoms with Gasteiger partial charge in [-0.3, -0.25) is 0 Å². The maximum atomic E-state index is 11.1. The summed E-state index contributed by atoms with van der Waals surface area (Å²) in [5.41, 5.74) is -0.371. The van der Waals surface area contributed by atoms with Gasteiger partial charge in [0.2, 0.25) is 0 Å². The highest BCUT2D eigenvalue weighted by Gasteiger charge is 2.34. The van der Waals surface area contributed by atoms with Gasteiger partial charge in [-0.1, -0.05) is 11.6 Å². The third-order valence-electron chi connectivity index (χ3n) is 3.04. The van der Waals surface area contributed by atoms with Crippen molar-refractivity contribution in [2.24, 2.45) is 0 Å². The monoisotopic (exact) mass is 300 g/mol. The SMILES string of the molecule is CC1(C)CN(c2cc(C(=O)O)cc(Cl)n2)CC(CO)O1. The van der Waals surface area contributed by atoms with E-state index in [2.05, 4.69) is 4.98 Å². The summed E-state index contributed by atoms with van der Waals surface area (Å²) in [6, 6.07) is 2.78. The van der Waals surface area contributed by atoms with E-state index in [4.69, 9.17) is 21.4 Å². The Kier molecular flexibility index (Phi) is 4.17. The molecule has 20 heavy (non-hydrogen) atoms. The Morgan fingerprint density at radius 2 is 2.30 bits per heavy atom. The van der Waals surface area contributed by atoms with E-state index in [-0.39, 0.29) is 23.4 Å². The molecule has 0 aromatic carbocycles. The van der Waals surface area contributed by atoms with Gasteiger partial charge < -0.3 is 19.8 Å². The highest BCUT2D eigenvalue weighted by atomic mass is 35.5. The predicted molar refractivity (Wildman–Crippen MR) is 74.5 cm³/mol. The van der Waals surface area contributed by atoms with Crippen LogP contribution in [0.2, 0.25) is 5.15 Å². The van der Waals surface area contributed by atoms with E-state index < -0.39 is 11.6 Å². The molecule has 7 heteroatoms. The Bertz CT molecular complexity index is 521. The molecule has 0 aliphatic carbocycles. The Hall–Kier alpha value is -1.37. The molecule has 0 radical (unpaired) electrons. The number of aromatic nitrogens is 1. The Balaban J connectivity index is 2.32. The maximum Gasteiger partial charge on any atom is 0.335 e. The van der Waals surface area contributed by atoms with Gasteiger partial charge in [0.15, 0.2) is 0 Å². The summed E-state index contributed by atoms with van der Waals surface area (Å²) in [4.78, 5) is 17.1. The van der Waals surface area contributed by atoms with Crippen LogP contribution in [0.5, 0.6) is 0 Å². The summed E-state index contributed by atoms with van der Waals surface area (Å²) >= 11 is 5.87. The van der Waals surface area contributed by atoms with Crippen molar-refractivity contribution in [1.29, 1.82) is 0 Å². The second-order valence-electron chi connectivity index (χ2n) is 5.40. The van der Waals surface area contributed by atoms with Crippen LogP contribution in [-0.2, 0) is 4.74 Å². The van der Waals surface area contributed by atoms with Crippen molar-refractivity contribution in [2.45, 2.75) is 25.6 Å². The molecule has 1 aromatic rings. The second-order valence-corrected chi connectivity index (χ2v) is 5.79. The topological polar surface area (TPSA) is 82.9 Å². The molecule has 0 amide bonds. The summed E-state index contributed by atoms with van der Waals surface area (Å²) in [7, 11) is 0. The van der Waals surface area contributed by atoms with Crippen molar-refractivity contribution in [2.75, 3.05) is 24.6 Å². The first kappa shape index (κ1) is 15.0. The van der Waals surface area contributed by atoms with Crippen LogP contribution in [0.25, 0.3) is 0 Å². The number of pyridine rings is 1. The number of ether oxygens (including phenoxy) is 1. The summed E-state index contributed by atoms with van der Waals surface area (Å²) in [6.45, 7) is 4.68. The number of halogens is 1. The maximum absolute atomic E-state index is 11.1. The van der Waals surface area contributed by atoms with Crippen LogP contribution in [0.4, 0.5) is 5.82 Å². The fourth-order valence-electron chi connectivity index (χ4n) is 2.33. The predicted octanol–water partition coefficient (Wildman–Crippen LogP) is 1.41. The van der Waals surface area contributed by atoms with Gasteiger partial charge in [0.25, 0.3) is 0 Å². The minimum atomic E-state index is -1.05. The second kappa shape index (κ2) is 5.55. The molecule has 0 spiro atoms. The zero-order chi connectivity index (χ0) is 14.9. The quantitative estimate of drug-likeness (QED) is 0.821. The number of aliphatic hydroxyl groups is 1. The highest BCUT2D eigenvalue weighted by Crippen LogP contribution is 2.26. The lowest BCUT2D eigenvalue weighted by Crippen LogP contribution is -2.54. The molecule has 1 aliphatic rings. The number of carboxylic acid groups (broad SMARTS) is 1. The van der Waals surface area contributed by atoms with E-state index in [0.717, 1.165) is 0 Å². The van der Waals surface area contributed by atoms with Gasteiger partial charge in [-0.2, -0.15) is 0 Å². The lowest BCUT2D eigenvalue weighted by molar-refractivity contribution is -0.101. The zero-order valence-corrected chi connectivity index (χ0v) is 12.1. The van der Waals surface area contributed by atoms with Crippen LogP contribution in [0.3, 0.4) is 0 Å².